The summed E-state index contributed by atoms with van der Waals surface area (Å²) in [6, 6.07) is 7.42. The molecule has 2 aromatic rings. The number of phenolic OH excluding ortho intramolecular Hbond substituents is 1. The minimum absolute atomic E-state index is 0.0549. The largest absolute Gasteiger partial charge is 0.507 e. The van der Waals surface area contributed by atoms with Crippen LogP contribution in [0.2, 0.25) is 0 Å². The quantitative estimate of drug-likeness (QED) is 0.412. The smallest absolute Gasteiger partial charge is 0.394 e. The van der Waals surface area contributed by atoms with Gasteiger partial charge in [-0.25, -0.2) is 4.79 Å². The van der Waals surface area contributed by atoms with Gasteiger partial charge in [-0.15, -0.1) is 0 Å². The van der Waals surface area contributed by atoms with Crippen LogP contribution in [0.15, 0.2) is 30.3 Å². The number of carbonyl (C=O) groups is 3. The highest BCUT2D eigenvalue weighted by Gasteiger charge is 2.16. The molecule has 2 rings (SSSR count). The fraction of sp³-hybridized carbons (Fsp3) is 0.250. The Hall–Kier alpha value is -3.59. The maximum Gasteiger partial charge on any atom is 0.394 e. The van der Waals surface area contributed by atoms with Crippen molar-refractivity contribution < 1.29 is 34.1 Å². The molecule has 0 heterocycles. The number of aryl methyl sites for hydroxylation is 2. The van der Waals surface area contributed by atoms with E-state index in [1.807, 2.05) is 0 Å². The van der Waals surface area contributed by atoms with Crippen molar-refractivity contribution in [1.29, 1.82) is 0 Å². The number of methoxy groups -OCH3 is 1. The lowest BCUT2D eigenvalue weighted by atomic mass is 10.1. The first-order valence-corrected chi connectivity index (χ1v) is 8.66. The molecule has 2 amide bonds. The molecule has 0 aliphatic heterocycles. The Morgan fingerprint density at radius 2 is 1.72 bits per heavy atom. The van der Waals surface area contributed by atoms with Crippen molar-refractivity contribution in [3.8, 4) is 17.2 Å². The van der Waals surface area contributed by atoms with Crippen LogP contribution >= 0.6 is 0 Å². The molecule has 0 aromatic heterocycles. The number of hydrogen-bond acceptors (Lipinski definition) is 6. The number of benzene rings is 2. The summed E-state index contributed by atoms with van der Waals surface area (Å²) in [6.07, 6.45) is 0. The Balaban J connectivity index is 2.23. The Morgan fingerprint density at radius 1 is 1.07 bits per heavy atom. The fourth-order valence-corrected chi connectivity index (χ4v) is 2.61. The molecule has 29 heavy (non-hydrogen) atoms. The summed E-state index contributed by atoms with van der Waals surface area (Å²) in [5.74, 6) is -2.57. The molecule has 2 aromatic carbocycles. The number of aromatic hydroxyl groups is 1. The second kappa shape index (κ2) is 9.56. The minimum Gasteiger partial charge on any atom is -0.507 e. The maximum absolute atomic E-state index is 12.2. The molecule has 0 atom stereocenters. The van der Waals surface area contributed by atoms with Gasteiger partial charge in [0.05, 0.1) is 12.2 Å². The second-order valence-electron chi connectivity index (χ2n) is 6.23. The Bertz CT molecular complexity index is 917. The maximum atomic E-state index is 12.2. The topological polar surface area (TPSA) is 134 Å². The van der Waals surface area contributed by atoms with Gasteiger partial charge in [-0.2, -0.15) is 0 Å². The van der Waals surface area contributed by atoms with Crippen molar-refractivity contribution in [2.24, 2.45) is 0 Å². The summed E-state index contributed by atoms with van der Waals surface area (Å²) in [7, 11) is 1.52. The summed E-state index contributed by atoms with van der Waals surface area (Å²) in [5.41, 5.74) is 1.66. The Labute approximate surface area is 167 Å². The summed E-state index contributed by atoms with van der Waals surface area (Å²) >= 11 is 0. The summed E-state index contributed by atoms with van der Waals surface area (Å²) in [5, 5.41) is 23.6. The lowest BCUT2D eigenvalue weighted by Gasteiger charge is -2.15. The zero-order valence-corrected chi connectivity index (χ0v) is 16.2. The van der Waals surface area contributed by atoms with Crippen LogP contribution in [-0.2, 0) is 14.3 Å². The number of carbonyl (C=O) groups excluding carboxylic acids is 2. The average molecular weight is 402 g/mol. The third kappa shape index (κ3) is 5.69. The van der Waals surface area contributed by atoms with E-state index < -0.39 is 17.8 Å². The molecule has 0 unspecified atom stereocenters. The van der Waals surface area contributed by atoms with Gasteiger partial charge in [0.15, 0.2) is 0 Å². The molecule has 9 nitrogen and oxygen atoms in total. The SMILES string of the molecule is COCCNC(=O)c1cc(Oc2c(C)cc(NC(=O)C(=O)O)cc2C)ccc1O. The zero-order valence-electron chi connectivity index (χ0n) is 16.2. The molecular formula is C20H22N2O7. The van der Waals surface area contributed by atoms with E-state index in [-0.39, 0.29) is 11.3 Å². The van der Waals surface area contributed by atoms with Gasteiger partial charge in [0.2, 0.25) is 0 Å². The van der Waals surface area contributed by atoms with E-state index in [1.165, 1.54) is 25.3 Å². The number of aliphatic carboxylic acids is 1. The molecular weight excluding hydrogens is 380 g/mol. The summed E-state index contributed by atoms with van der Waals surface area (Å²) in [4.78, 5) is 34.2. The Kier molecular flexibility index (Phi) is 7.15. The molecule has 0 radical (unpaired) electrons. The van der Waals surface area contributed by atoms with Gasteiger partial charge >= 0.3 is 11.9 Å². The number of anilines is 1. The van der Waals surface area contributed by atoms with Crippen molar-refractivity contribution in [1.82, 2.24) is 5.32 Å². The molecule has 0 saturated heterocycles. The van der Waals surface area contributed by atoms with Crippen LogP contribution < -0.4 is 15.4 Å². The standard InChI is InChI=1S/C20H22N2O7/c1-11-8-13(22-19(25)20(26)27)9-12(2)17(11)29-14-4-5-16(23)15(10-14)18(24)21-6-7-28-3/h4-5,8-10,23H,6-7H2,1-3H3,(H,21,24)(H,22,25)(H,26,27). The van der Waals surface area contributed by atoms with Crippen LogP contribution in [0.3, 0.4) is 0 Å². The second-order valence-corrected chi connectivity index (χ2v) is 6.23. The van der Waals surface area contributed by atoms with Crippen LogP contribution in [0.25, 0.3) is 0 Å². The highest BCUT2D eigenvalue weighted by atomic mass is 16.5. The first-order chi connectivity index (χ1) is 13.7. The summed E-state index contributed by atoms with van der Waals surface area (Å²) in [6.45, 7) is 4.10. The van der Waals surface area contributed by atoms with Gasteiger partial charge in [0.25, 0.3) is 5.91 Å². The van der Waals surface area contributed by atoms with E-state index >= 15 is 0 Å². The molecule has 0 aliphatic carbocycles. The number of ether oxygens (including phenoxy) is 2. The van der Waals surface area contributed by atoms with E-state index in [1.54, 1.807) is 26.0 Å². The normalized spacial score (nSPS) is 10.3. The highest BCUT2D eigenvalue weighted by Crippen LogP contribution is 2.33. The van der Waals surface area contributed by atoms with E-state index in [0.717, 1.165) is 0 Å². The number of carboxylic acid groups (broad SMARTS) is 1. The van der Waals surface area contributed by atoms with Crippen molar-refractivity contribution in [2.45, 2.75) is 13.8 Å². The third-order valence-electron chi connectivity index (χ3n) is 3.94. The first-order valence-electron chi connectivity index (χ1n) is 8.66. The van der Waals surface area contributed by atoms with E-state index in [9.17, 15) is 19.5 Å². The van der Waals surface area contributed by atoms with Crippen molar-refractivity contribution in [3.63, 3.8) is 0 Å². The van der Waals surface area contributed by atoms with E-state index in [4.69, 9.17) is 14.6 Å². The lowest BCUT2D eigenvalue weighted by molar-refractivity contribution is -0.147. The van der Waals surface area contributed by atoms with Gasteiger partial charge in [-0.3, -0.25) is 9.59 Å². The van der Waals surface area contributed by atoms with Crippen LogP contribution in [0, 0.1) is 13.8 Å². The molecule has 0 bridgehead atoms. The van der Waals surface area contributed by atoms with E-state index in [0.29, 0.717) is 41.5 Å². The molecule has 9 heteroatoms. The predicted molar refractivity (Wildman–Crippen MR) is 105 cm³/mol. The molecule has 154 valence electrons. The van der Waals surface area contributed by atoms with Crippen LogP contribution in [-0.4, -0.2) is 48.3 Å². The van der Waals surface area contributed by atoms with Crippen molar-refractivity contribution in [2.75, 3.05) is 25.6 Å². The summed E-state index contributed by atoms with van der Waals surface area (Å²) < 4.78 is 10.7. The number of carboxylic acids is 1. The average Bonchev–Trinajstić information content (AvgIpc) is 2.66. The fourth-order valence-electron chi connectivity index (χ4n) is 2.61. The highest BCUT2D eigenvalue weighted by molar-refractivity contribution is 6.36. The van der Waals surface area contributed by atoms with Crippen molar-refractivity contribution in [3.05, 3.63) is 47.0 Å². The number of rotatable bonds is 7. The molecule has 4 N–H and O–H groups in total. The van der Waals surface area contributed by atoms with Gasteiger partial charge in [0, 0.05) is 19.3 Å². The van der Waals surface area contributed by atoms with Crippen molar-refractivity contribution >= 4 is 23.5 Å². The Morgan fingerprint density at radius 3 is 2.31 bits per heavy atom. The lowest BCUT2D eigenvalue weighted by Crippen LogP contribution is -2.27. The zero-order chi connectivity index (χ0) is 21.6. The molecule has 0 aliphatic rings. The minimum atomic E-state index is -1.58. The monoisotopic (exact) mass is 402 g/mol. The number of nitrogens with one attached hydrogen (secondary N) is 2. The van der Waals surface area contributed by atoms with Gasteiger partial charge in [-0.05, 0) is 55.3 Å². The third-order valence-corrected chi connectivity index (χ3v) is 3.94. The van der Waals surface area contributed by atoms with Gasteiger partial charge in [-0.1, -0.05) is 0 Å². The predicted octanol–water partition coefficient (Wildman–Crippen LogP) is 2.20. The van der Waals surface area contributed by atoms with E-state index in [2.05, 4.69) is 10.6 Å². The first kappa shape index (κ1) is 21.7. The number of phenols is 1. The van der Waals surface area contributed by atoms with Crippen LogP contribution in [0.4, 0.5) is 5.69 Å². The number of amides is 2. The number of hydrogen-bond donors (Lipinski definition) is 4. The van der Waals surface area contributed by atoms with Gasteiger partial charge < -0.3 is 30.3 Å². The molecule has 0 spiro atoms. The molecule has 0 saturated carbocycles. The van der Waals surface area contributed by atoms with Gasteiger partial charge in [0.1, 0.15) is 17.2 Å². The van der Waals surface area contributed by atoms with Crippen LogP contribution in [0.1, 0.15) is 21.5 Å². The molecule has 0 fully saturated rings. The van der Waals surface area contributed by atoms with Crippen LogP contribution in [0.5, 0.6) is 17.2 Å².